The second kappa shape index (κ2) is 7.56. The molecule has 1 N–H and O–H groups in total. The van der Waals surface area contributed by atoms with Gasteiger partial charge in [-0.1, -0.05) is 18.3 Å². The van der Waals surface area contributed by atoms with Crippen molar-refractivity contribution in [2.24, 2.45) is 0 Å². The average Bonchev–Trinajstić information content (AvgIpc) is 3.09. The van der Waals surface area contributed by atoms with E-state index in [9.17, 15) is 14.9 Å². The Hall–Kier alpha value is -2.55. The second-order valence-corrected chi connectivity index (χ2v) is 6.88. The Morgan fingerprint density at radius 1 is 1.32 bits per heavy atom. The number of hydrogen-bond acceptors (Lipinski definition) is 7. The summed E-state index contributed by atoms with van der Waals surface area (Å²) in [6.45, 7) is 3.56. The Morgan fingerprint density at radius 3 is 2.72 bits per heavy atom. The molecule has 1 fully saturated rings. The minimum absolute atomic E-state index is 0.0407. The van der Waals surface area contributed by atoms with Gasteiger partial charge in [0.25, 0.3) is 11.6 Å². The molecular formula is C16H19N5O3S. The first kappa shape index (κ1) is 17.3. The van der Waals surface area contributed by atoms with Gasteiger partial charge < -0.3 is 4.90 Å². The van der Waals surface area contributed by atoms with Crippen LogP contribution in [-0.2, 0) is 6.42 Å². The lowest BCUT2D eigenvalue weighted by atomic mass is 10.1. The van der Waals surface area contributed by atoms with Crippen molar-refractivity contribution in [1.29, 1.82) is 0 Å². The van der Waals surface area contributed by atoms with Crippen LogP contribution in [0.3, 0.4) is 0 Å². The lowest BCUT2D eigenvalue weighted by Crippen LogP contribution is -2.30. The van der Waals surface area contributed by atoms with Gasteiger partial charge in [0.2, 0.25) is 5.13 Å². The molecule has 1 saturated heterocycles. The first-order chi connectivity index (χ1) is 12.1. The zero-order valence-corrected chi connectivity index (χ0v) is 14.7. The Bertz CT molecular complexity index is 786. The van der Waals surface area contributed by atoms with Gasteiger partial charge in [-0.3, -0.25) is 20.2 Å². The molecule has 2 heterocycles. The van der Waals surface area contributed by atoms with E-state index in [2.05, 4.69) is 15.5 Å². The highest BCUT2D eigenvalue weighted by molar-refractivity contribution is 7.15. The van der Waals surface area contributed by atoms with Crippen LogP contribution in [-0.4, -0.2) is 34.1 Å². The van der Waals surface area contributed by atoms with Crippen molar-refractivity contribution in [3.63, 3.8) is 0 Å². The maximum Gasteiger partial charge on any atom is 0.293 e. The molecule has 1 aromatic carbocycles. The van der Waals surface area contributed by atoms with Crippen LogP contribution in [0.2, 0.25) is 0 Å². The molecule has 0 radical (unpaired) electrons. The Labute approximate surface area is 149 Å². The molecule has 1 aliphatic heterocycles. The van der Waals surface area contributed by atoms with Gasteiger partial charge in [-0.2, -0.15) is 0 Å². The zero-order chi connectivity index (χ0) is 17.8. The number of aryl methyl sites for hydroxylation is 1. The first-order valence-electron chi connectivity index (χ1n) is 8.25. The third-order valence-corrected chi connectivity index (χ3v) is 5.10. The normalized spacial score (nSPS) is 14.4. The highest BCUT2D eigenvalue weighted by atomic mass is 32.1. The molecule has 1 aromatic heterocycles. The summed E-state index contributed by atoms with van der Waals surface area (Å²) in [6.07, 6.45) is 3.93. The van der Waals surface area contributed by atoms with Gasteiger partial charge in [0.05, 0.1) is 4.92 Å². The monoisotopic (exact) mass is 361 g/mol. The number of carbonyl (C=O) groups is 1. The predicted molar refractivity (Wildman–Crippen MR) is 96.4 cm³/mol. The first-order valence-corrected chi connectivity index (χ1v) is 9.07. The van der Waals surface area contributed by atoms with Crippen LogP contribution in [0.1, 0.15) is 41.6 Å². The number of nitro groups is 1. The number of aromatic nitrogens is 2. The molecule has 0 unspecified atom stereocenters. The van der Waals surface area contributed by atoms with E-state index >= 15 is 0 Å². The number of piperidine rings is 1. The van der Waals surface area contributed by atoms with E-state index < -0.39 is 10.8 Å². The number of nitro benzene ring substituents is 1. The van der Waals surface area contributed by atoms with E-state index in [-0.39, 0.29) is 11.3 Å². The molecule has 25 heavy (non-hydrogen) atoms. The number of nitrogens with zero attached hydrogens (tertiary/aromatic N) is 4. The summed E-state index contributed by atoms with van der Waals surface area (Å²) in [6, 6.07) is 4.62. The lowest BCUT2D eigenvalue weighted by molar-refractivity contribution is -0.384. The third kappa shape index (κ3) is 3.93. The van der Waals surface area contributed by atoms with Gasteiger partial charge in [-0.05, 0) is 37.8 Å². The van der Waals surface area contributed by atoms with Crippen molar-refractivity contribution in [2.45, 2.75) is 32.6 Å². The molecule has 9 heteroatoms. The molecule has 1 amide bonds. The topological polar surface area (TPSA) is 101 Å². The van der Waals surface area contributed by atoms with Crippen LogP contribution in [0.4, 0.5) is 16.5 Å². The van der Waals surface area contributed by atoms with Crippen LogP contribution in [0.5, 0.6) is 0 Å². The van der Waals surface area contributed by atoms with Crippen molar-refractivity contribution in [3.8, 4) is 0 Å². The number of carbonyl (C=O) groups excluding carboxylic acids is 1. The fraction of sp³-hybridized carbons (Fsp3) is 0.438. The molecular weight excluding hydrogens is 342 g/mol. The van der Waals surface area contributed by atoms with E-state index in [1.807, 2.05) is 11.8 Å². The highest BCUT2D eigenvalue weighted by Crippen LogP contribution is 2.31. The number of benzene rings is 1. The van der Waals surface area contributed by atoms with Crippen LogP contribution in [0.25, 0.3) is 0 Å². The summed E-state index contributed by atoms with van der Waals surface area (Å²) in [7, 11) is 0. The summed E-state index contributed by atoms with van der Waals surface area (Å²) in [5, 5.41) is 23.2. The van der Waals surface area contributed by atoms with Crippen molar-refractivity contribution >= 4 is 33.8 Å². The van der Waals surface area contributed by atoms with Crippen LogP contribution < -0.4 is 10.2 Å². The fourth-order valence-corrected chi connectivity index (χ4v) is 3.50. The molecule has 0 bridgehead atoms. The van der Waals surface area contributed by atoms with Crippen molar-refractivity contribution < 1.29 is 9.72 Å². The van der Waals surface area contributed by atoms with Crippen molar-refractivity contribution in [3.05, 3.63) is 38.9 Å². The molecule has 132 valence electrons. The summed E-state index contributed by atoms with van der Waals surface area (Å²) in [4.78, 5) is 25.4. The molecule has 0 saturated carbocycles. The van der Waals surface area contributed by atoms with E-state index in [0.717, 1.165) is 43.8 Å². The number of amides is 1. The number of nitrogens with one attached hydrogen (secondary N) is 1. The van der Waals surface area contributed by atoms with E-state index in [1.54, 1.807) is 12.1 Å². The van der Waals surface area contributed by atoms with Gasteiger partial charge in [0.15, 0.2) is 0 Å². The summed E-state index contributed by atoms with van der Waals surface area (Å²) in [5.74, 6) is -0.424. The molecule has 8 nitrogen and oxygen atoms in total. The van der Waals surface area contributed by atoms with Gasteiger partial charge >= 0.3 is 0 Å². The minimum atomic E-state index is -0.430. The standard InChI is InChI=1S/C16H19N5O3S/c1-2-14-18-19-16(25-14)17-15(22)11-6-7-12(13(10-11)21(23)24)20-8-4-3-5-9-20/h6-7,10H,2-5,8-9H2,1H3,(H,17,19,22). The van der Waals surface area contributed by atoms with Gasteiger partial charge in [0.1, 0.15) is 10.7 Å². The molecule has 0 atom stereocenters. The SMILES string of the molecule is CCc1nnc(NC(=O)c2ccc(N3CCCCC3)c([N+](=O)[O-])c2)s1. The quantitative estimate of drug-likeness (QED) is 0.648. The summed E-state index contributed by atoms with van der Waals surface area (Å²) >= 11 is 1.30. The lowest BCUT2D eigenvalue weighted by Gasteiger charge is -2.28. The smallest absolute Gasteiger partial charge is 0.293 e. The van der Waals surface area contributed by atoms with Gasteiger partial charge in [-0.15, -0.1) is 10.2 Å². The Morgan fingerprint density at radius 2 is 2.08 bits per heavy atom. The predicted octanol–water partition coefficient (Wildman–Crippen LogP) is 3.25. The number of rotatable bonds is 5. The van der Waals surface area contributed by atoms with E-state index in [4.69, 9.17) is 0 Å². The van der Waals surface area contributed by atoms with Crippen LogP contribution in [0, 0.1) is 10.1 Å². The van der Waals surface area contributed by atoms with Crippen molar-refractivity contribution in [1.82, 2.24) is 10.2 Å². The van der Waals surface area contributed by atoms with Crippen LogP contribution >= 0.6 is 11.3 Å². The number of hydrogen-bond donors (Lipinski definition) is 1. The molecule has 2 aromatic rings. The van der Waals surface area contributed by atoms with E-state index in [1.165, 1.54) is 17.4 Å². The summed E-state index contributed by atoms with van der Waals surface area (Å²) in [5.41, 5.74) is 0.771. The summed E-state index contributed by atoms with van der Waals surface area (Å²) < 4.78 is 0. The zero-order valence-electron chi connectivity index (χ0n) is 13.9. The average molecular weight is 361 g/mol. The van der Waals surface area contributed by atoms with Crippen molar-refractivity contribution in [2.75, 3.05) is 23.3 Å². The third-order valence-electron chi connectivity index (χ3n) is 4.12. The maximum absolute atomic E-state index is 12.4. The Balaban J connectivity index is 1.82. The molecule has 0 aliphatic carbocycles. The van der Waals surface area contributed by atoms with Crippen LogP contribution in [0.15, 0.2) is 18.2 Å². The largest absolute Gasteiger partial charge is 0.366 e. The second-order valence-electron chi connectivity index (χ2n) is 5.82. The Kier molecular flexibility index (Phi) is 5.22. The molecule has 0 spiro atoms. The highest BCUT2D eigenvalue weighted by Gasteiger charge is 2.23. The number of anilines is 2. The van der Waals surface area contributed by atoms with E-state index in [0.29, 0.717) is 10.8 Å². The molecule has 1 aliphatic rings. The minimum Gasteiger partial charge on any atom is -0.366 e. The fourth-order valence-electron chi connectivity index (χ4n) is 2.83. The molecule has 3 rings (SSSR count). The maximum atomic E-state index is 12.4. The van der Waals surface area contributed by atoms with Gasteiger partial charge in [0, 0.05) is 24.7 Å². The van der Waals surface area contributed by atoms with Gasteiger partial charge in [-0.25, -0.2) is 0 Å².